The molecule has 0 unspecified atom stereocenters. The Morgan fingerprint density at radius 2 is 2.19 bits per heavy atom. The number of nitrogens with zero attached hydrogens (tertiary/aromatic N) is 5. The normalized spacial score (nSPS) is 10.7. The average molecular weight is 284 g/mol. The van der Waals surface area contributed by atoms with Gasteiger partial charge in [0.25, 0.3) is 0 Å². The molecule has 1 N–H and O–H groups in total. The van der Waals surface area contributed by atoms with Gasteiger partial charge in [-0.15, -0.1) is 0 Å². The van der Waals surface area contributed by atoms with Crippen LogP contribution >= 0.6 is 0 Å². The fourth-order valence-electron chi connectivity index (χ4n) is 2.12. The van der Waals surface area contributed by atoms with E-state index in [4.69, 9.17) is 0 Å². The second-order valence-electron chi connectivity index (χ2n) is 4.48. The van der Waals surface area contributed by atoms with Gasteiger partial charge in [-0.3, -0.25) is 19.8 Å². The Labute approximate surface area is 119 Å². The number of hydrogen-bond acceptors (Lipinski definition) is 6. The summed E-state index contributed by atoms with van der Waals surface area (Å²) in [7, 11) is 1.76. The summed E-state index contributed by atoms with van der Waals surface area (Å²) in [4.78, 5) is 19.2. The van der Waals surface area contributed by atoms with E-state index in [9.17, 15) is 10.1 Å². The van der Waals surface area contributed by atoms with E-state index < -0.39 is 4.92 Å². The second kappa shape index (κ2) is 5.16. The first-order valence-corrected chi connectivity index (χ1v) is 6.25. The lowest BCUT2D eigenvalue weighted by Crippen LogP contribution is -2.05. The van der Waals surface area contributed by atoms with E-state index in [-0.39, 0.29) is 5.69 Å². The molecule has 21 heavy (non-hydrogen) atoms. The fourth-order valence-corrected chi connectivity index (χ4v) is 2.12. The van der Waals surface area contributed by atoms with Crippen LogP contribution in [0.2, 0.25) is 0 Å². The highest BCUT2D eigenvalue weighted by Crippen LogP contribution is 2.32. The minimum absolute atomic E-state index is 0.0107. The third-order valence-electron chi connectivity index (χ3n) is 3.02. The van der Waals surface area contributed by atoms with E-state index in [2.05, 4.69) is 20.4 Å². The van der Waals surface area contributed by atoms with Crippen LogP contribution in [0.25, 0.3) is 10.9 Å². The number of aromatic nitrogens is 4. The van der Waals surface area contributed by atoms with Crippen molar-refractivity contribution < 1.29 is 4.92 Å². The molecular weight excluding hydrogens is 272 g/mol. The SMILES string of the molecule is Cn1cnc(CNc2ccc3ncccc3c2[N+](=O)[O-])n1. The van der Waals surface area contributed by atoms with Gasteiger partial charge in [-0.05, 0) is 24.3 Å². The molecule has 3 aromatic rings. The summed E-state index contributed by atoms with van der Waals surface area (Å²) in [6, 6.07) is 6.76. The summed E-state index contributed by atoms with van der Waals surface area (Å²) < 4.78 is 1.58. The van der Waals surface area contributed by atoms with Crippen molar-refractivity contribution in [3.8, 4) is 0 Å². The summed E-state index contributed by atoms with van der Waals surface area (Å²) in [6.07, 6.45) is 3.19. The van der Waals surface area contributed by atoms with Crippen molar-refractivity contribution in [1.29, 1.82) is 0 Å². The molecule has 0 aliphatic heterocycles. The standard InChI is InChI=1S/C13H12N6O2/c1-18-8-16-12(17-18)7-15-11-5-4-10-9(3-2-6-14-10)13(11)19(20)21/h2-6,8,15H,7H2,1H3. The van der Waals surface area contributed by atoms with Crippen LogP contribution < -0.4 is 5.32 Å². The zero-order valence-corrected chi connectivity index (χ0v) is 11.2. The highest BCUT2D eigenvalue weighted by Gasteiger charge is 2.18. The predicted octanol–water partition coefficient (Wildman–Crippen LogP) is 1.88. The van der Waals surface area contributed by atoms with Gasteiger partial charge in [0.05, 0.1) is 22.4 Å². The van der Waals surface area contributed by atoms with E-state index in [1.165, 1.54) is 0 Å². The third kappa shape index (κ3) is 2.50. The summed E-state index contributed by atoms with van der Waals surface area (Å²) in [5, 5.41) is 19.0. The minimum Gasteiger partial charge on any atom is -0.372 e. The fraction of sp³-hybridized carbons (Fsp3) is 0.154. The van der Waals surface area contributed by atoms with Crippen LogP contribution in [0.1, 0.15) is 5.82 Å². The number of hydrogen-bond donors (Lipinski definition) is 1. The summed E-state index contributed by atoms with van der Waals surface area (Å²) in [5.74, 6) is 0.568. The molecule has 0 saturated heterocycles. The van der Waals surface area contributed by atoms with Gasteiger partial charge in [-0.1, -0.05) is 0 Å². The summed E-state index contributed by atoms with van der Waals surface area (Å²) in [5.41, 5.74) is 1.02. The zero-order chi connectivity index (χ0) is 14.8. The number of nitro groups is 1. The quantitative estimate of drug-likeness (QED) is 0.580. The molecule has 0 radical (unpaired) electrons. The molecule has 0 aliphatic rings. The van der Waals surface area contributed by atoms with Gasteiger partial charge in [-0.25, -0.2) is 4.98 Å². The molecule has 0 atom stereocenters. The molecule has 0 amide bonds. The molecule has 0 bridgehead atoms. The number of pyridine rings is 1. The molecular formula is C13H12N6O2. The van der Waals surface area contributed by atoms with Gasteiger partial charge < -0.3 is 5.32 Å². The zero-order valence-electron chi connectivity index (χ0n) is 11.2. The van der Waals surface area contributed by atoms with Crippen LogP contribution in [-0.4, -0.2) is 24.7 Å². The van der Waals surface area contributed by atoms with E-state index >= 15 is 0 Å². The van der Waals surface area contributed by atoms with Gasteiger partial charge in [0.2, 0.25) is 0 Å². The Hall–Kier alpha value is -3.03. The van der Waals surface area contributed by atoms with Crippen LogP contribution in [0.15, 0.2) is 36.8 Å². The van der Waals surface area contributed by atoms with Crippen molar-refractivity contribution in [2.24, 2.45) is 7.05 Å². The van der Waals surface area contributed by atoms with Crippen molar-refractivity contribution in [2.75, 3.05) is 5.32 Å². The van der Waals surface area contributed by atoms with Crippen molar-refractivity contribution >= 4 is 22.3 Å². The number of anilines is 1. The maximum Gasteiger partial charge on any atom is 0.301 e. The number of aryl methyl sites for hydroxylation is 1. The van der Waals surface area contributed by atoms with Gasteiger partial charge in [0.15, 0.2) is 5.82 Å². The molecule has 8 heteroatoms. The number of rotatable bonds is 4. The van der Waals surface area contributed by atoms with E-state index in [0.29, 0.717) is 29.0 Å². The van der Waals surface area contributed by atoms with Gasteiger partial charge in [0, 0.05) is 13.2 Å². The highest BCUT2D eigenvalue weighted by molar-refractivity contribution is 5.94. The van der Waals surface area contributed by atoms with Gasteiger partial charge >= 0.3 is 5.69 Å². The second-order valence-corrected chi connectivity index (χ2v) is 4.48. The van der Waals surface area contributed by atoms with Crippen molar-refractivity contribution in [2.45, 2.75) is 6.54 Å². The topological polar surface area (TPSA) is 98.8 Å². The maximum absolute atomic E-state index is 11.4. The van der Waals surface area contributed by atoms with E-state index in [1.807, 2.05) is 0 Å². The Morgan fingerprint density at radius 1 is 1.33 bits per heavy atom. The largest absolute Gasteiger partial charge is 0.372 e. The first-order valence-electron chi connectivity index (χ1n) is 6.25. The van der Waals surface area contributed by atoms with Crippen molar-refractivity contribution in [1.82, 2.24) is 19.7 Å². The van der Waals surface area contributed by atoms with Gasteiger partial charge in [-0.2, -0.15) is 5.10 Å². The lowest BCUT2D eigenvalue weighted by molar-refractivity contribution is -0.382. The predicted molar refractivity (Wildman–Crippen MR) is 76.7 cm³/mol. The van der Waals surface area contributed by atoms with E-state index in [1.54, 1.807) is 48.5 Å². The molecule has 0 aliphatic carbocycles. The molecule has 0 saturated carbocycles. The highest BCUT2D eigenvalue weighted by atomic mass is 16.6. The molecule has 3 rings (SSSR count). The molecule has 106 valence electrons. The van der Waals surface area contributed by atoms with Crippen LogP contribution in [0, 0.1) is 10.1 Å². The molecule has 8 nitrogen and oxygen atoms in total. The average Bonchev–Trinajstić information content (AvgIpc) is 2.89. The lowest BCUT2D eigenvalue weighted by Gasteiger charge is -2.07. The summed E-state index contributed by atoms with van der Waals surface area (Å²) in [6.45, 7) is 0.313. The Bertz CT molecular complexity index is 813. The molecule has 1 aromatic carbocycles. The lowest BCUT2D eigenvalue weighted by atomic mass is 10.1. The first-order chi connectivity index (χ1) is 10.1. The molecule has 2 heterocycles. The Balaban J connectivity index is 1.97. The Morgan fingerprint density at radius 3 is 2.90 bits per heavy atom. The number of nitro benzene ring substituents is 1. The van der Waals surface area contributed by atoms with Crippen LogP contribution in [0.3, 0.4) is 0 Å². The molecule has 0 fully saturated rings. The monoisotopic (exact) mass is 284 g/mol. The number of fused-ring (bicyclic) bond motifs is 1. The smallest absolute Gasteiger partial charge is 0.301 e. The summed E-state index contributed by atoms with van der Waals surface area (Å²) >= 11 is 0. The first kappa shape index (κ1) is 13.0. The number of nitrogens with one attached hydrogen (secondary N) is 1. The molecule has 0 spiro atoms. The van der Waals surface area contributed by atoms with E-state index in [0.717, 1.165) is 0 Å². The van der Waals surface area contributed by atoms with Gasteiger partial charge in [0.1, 0.15) is 12.0 Å². The van der Waals surface area contributed by atoms with Crippen LogP contribution in [-0.2, 0) is 13.6 Å². The van der Waals surface area contributed by atoms with Crippen molar-refractivity contribution in [3.63, 3.8) is 0 Å². The van der Waals surface area contributed by atoms with Crippen LogP contribution in [0.5, 0.6) is 0 Å². The third-order valence-corrected chi connectivity index (χ3v) is 3.02. The van der Waals surface area contributed by atoms with Crippen LogP contribution in [0.4, 0.5) is 11.4 Å². The molecule has 2 aromatic heterocycles. The minimum atomic E-state index is -0.405. The Kier molecular flexibility index (Phi) is 3.19. The number of benzene rings is 1. The maximum atomic E-state index is 11.4. The van der Waals surface area contributed by atoms with Crippen molar-refractivity contribution in [3.05, 3.63) is 52.7 Å².